The van der Waals surface area contributed by atoms with Gasteiger partial charge in [-0.1, -0.05) is 18.2 Å². The second kappa shape index (κ2) is 6.29. The zero-order valence-corrected chi connectivity index (χ0v) is 12.8. The van der Waals surface area contributed by atoms with Crippen LogP contribution < -0.4 is 0 Å². The average molecular weight is 290 g/mol. The van der Waals surface area contributed by atoms with Crippen LogP contribution in [0.2, 0.25) is 0 Å². The summed E-state index contributed by atoms with van der Waals surface area (Å²) < 4.78 is 10.8. The number of fused-ring (bicyclic) bond motifs is 1. The molecule has 3 atom stereocenters. The van der Waals surface area contributed by atoms with E-state index in [1.165, 1.54) is 12.5 Å². The molecule has 1 heterocycles. The van der Waals surface area contributed by atoms with Crippen molar-refractivity contribution in [2.45, 2.75) is 52.2 Å². The number of esters is 2. The number of hydrogen-bond acceptors (Lipinski definition) is 4. The number of allylic oxidation sites excluding steroid dienone is 1. The van der Waals surface area contributed by atoms with Crippen molar-refractivity contribution in [3.05, 3.63) is 35.5 Å². The maximum absolute atomic E-state index is 11.7. The van der Waals surface area contributed by atoms with Crippen LogP contribution in [-0.2, 0) is 19.1 Å². The predicted octanol–water partition coefficient (Wildman–Crippen LogP) is 3.09. The molecule has 4 heteroatoms. The SMILES string of the molecule is C=C1C(=O)O[C@H]2/C=C(\C)[C@H](OC(C)=O)C/C=C(\C)CC[C@@H]12. The third kappa shape index (κ3) is 3.63. The second-order valence-corrected chi connectivity index (χ2v) is 5.84. The van der Waals surface area contributed by atoms with E-state index in [-0.39, 0.29) is 30.1 Å². The summed E-state index contributed by atoms with van der Waals surface area (Å²) in [5.74, 6) is -0.619. The third-order valence-corrected chi connectivity index (χ3v) is 4.12. The topological polar surface area (TPSA) is 52.6 Å². The molecule has 0 radical (unpaired) electrons. The molecule has 1 aliphatic carbocycles. The molecule has 114 valence electrons. The van der Waals surface area contributed by atoms with E-state index in [1.807, 2.05) is 13.0 Å². The van der Waals surface area contributed by atoms with Crippen LogP contribution in [0.1, 0.15) is 40.0 Å². The van der Waals surface area contributed by atoms with Crippen LogP contribution in [0, 0.1) is 5.92 Å². The van der Waals surface area contributed by atoms with Gasteiger partial charge in [0.25, 0.3) is 0 Å². The minimum absolute atomic E-state index is 0.00637. The summed E-state index contributed by atoms with van der Waals surface area (Å²) in [6.45, 7) is 9.22. The molecule has 0 bridgehead atoms. The van der Waals surface area contributed by atoms with Crippen LogP contribution in [0.3, 0.4) is 0 Å². The van der Waals surface area contributed by atoms with Gasteiger partial charge in [-0.2, -0.15) is 0 Å². The Balaban J connectivity index is 2.31. The van der Waals surface area contributed by atoms with Gasteiger partial charge in [0.15, 0.2) is 0 Å². The van der Waals surface area contributed by atoms with E-state index in [4.69, 9.17) is 9.47 Å². The molecule has 1 aliphatic heterocycles. The lowest BCUT2D eigenvalue weighted by Crippen LogP contribution is -2.22. The van der Waals surface area contributed by atoms with Crippen molar-refractivity contribution >= 4 is 11.9 Å². The van der Waals surface area contributed by atoms with Gasteiger partial charge in [-0.3, -0.25) is 4.79 Å². The number of rotatable bonds is 1. The van der Waals surface area contributed by atoms with Crippen molar-refractivity contribution in [3.63, 3.8) is 0 Å². The molecule has 0 amide bonds. The van der Waals surface area contributed by atoms with Crippen LogP contribution in [-0.4, -0.2) is 24.1 Å². The Kier molecular flexibility index (Phi) is 4.66. The van der Waals surface area contributed by atoms with Gasteiger partial charge in [-0.25, -0.2) is 4.79 Å². The molecule has 21 heavy (non-hydrogen) atoms. The standard InChI is InChI=1S/C17H22O4/c1-10-5-7-14-12(3)17(19)21-16(14)9-11(2)15(8-6-10)20-13(4)18/h6,9,14-16H,3,5,7-8H2,1-2,4H3/b10-6+,11-9+/t14-,15+,16-/m0/s1. The zero-order valence-electron chi connectivity index (χ0n) is 12.8. The first kappa shape index (κ1) is 15.5. The Morgan fingerprint density at radius 2 is 2.14 bits per heavy atom. The largest absolute Gasteiger partial charge is 0.458 e. The first-order valence-corrected chi connectivity index (χ1v) is 7.29. The number of carbonyl (C=O) groups excluding carboxylic acids is 2. The Bertz CT molecular complexity index is 527. The van der Waals surface area contributed by atoms with Gasteiger partial charge in [0.2, 0.25) is 0 Å². The number of ether oxygens (including phenoxy) is 2. The van der Waals surface area contributed by atoms with Gasteiger partial charge >= 0.3 is 11.9 Å². The summed E-state index contributed by atoms with van der Waals surface area (Å²) in [7, 11) is 0. The molecule has 0 saturated carbocycles. The molecule has 0 aromatic rings. The highest BCUT2D eigenvalue weighted by molar-refractivity contribution is 5.91. The fourth-order valence-corrected chi connectivity index (χ4v) is 2.81. The molecule has 1 fully saturated rings. The molecule has 0 N–H and O–H groups in total. The Morgan fingerprint density at radius 3 is 2.81 bits per heavy atom. The molecule has 2 aliphatic rings. The monoisotopic (exact) mass is 290 g/mol. The third-order valence-electron chi connectivity index (χ3n) is 4.12. The van der Waals surface area contributed by atoms with Crippen molar-refractivity contribution in [2.75, 3.05) is 0 Å². The predicted molar refractivity (Wildman–Crippen MR) is 79.4 cm³/mol. The van der Waals surface area contributed by atoms with E-state index in [0.29, 0.717) is 12.0 Å². The lowest BCUT2D eigenvalue weighted by atomic mass is 9.87. The average Bonchev–Trinajstić information content (AvgIpc) is 2.66. The van der Waals surface area contributed by atoms with Crippen LogP contribution in [0.15, 0.2) is 35.5 Å². The van der Waals surface area contributed by atoms with Crippen molar-refractivity contribution < 1.29 is 19.1 Å². The van der Waals surface area contributed by atoms with E-state index in [9.17, 15) is 9.59 Å². The summed E-state index contributed by atoms with van der Waals surface area (Å²) in [5, 5.41) is 0. The first-order valence-electron chi connectivity index (χ1n) is 7.29. The molecule has 2 rings (SSSR count). The summed E-state index contributed by atoms with van der Waals surface area (Å²) in [5.41, 5.74) is 2.68. The van der Waals surface area contributed by atoms with Gasteiger partial charge in [-0.05, 0) is 38.3 Å². The van der Waals surface area contributed by atoms with Gasteiger partial charge < -0.3 is 9.47 Å². The minimum atomic E-state index is -0.320. The highest BCUT2D eigenvalue weighted by Gasteiger charge is 2.37. The normalized spacial score (nSPS) is 34.9. The molecule has 0 unspecified atom stereocenters. The Labute approximate surface area is 125 Å². The van der Waals surface area contributed by atoms with Gasteiger partial charge in [0.05, 0.1) is 0 Å². The number of carbonyl (C=O) groups is 2. The maximum Gasteiger partial charge on any atom is 0.334 e. The van der Waals surface area contributed by atoms with Crippen molar-refractivity contribution in [1.29, 1.82) is 0 Å². The molecule has 4 nitrogen and oxygen atoms in total. The summed E-state index contributed by atoms with van der Waals surface area (Å²) >= 11 is 0. The van der Waals surface area contributed by atoms with Crippen molar-refractivity contribution in [1.82, 2.24) is 0 Å². The van der Waals surface area contributed by atoms with E-state index < -0.39 is 0 Å². The Hall–Kier alpha value is -1.84. The lowest BCUT2D eigenvalue weighted by molar-refractivity contribution is -0.144. The molecule has 0 aromatic heterocycles. The molecule has 0 aromatic carbocycles. The summed E-state index contributed by atoms with van der Waals surface area (Å²) in [6, 6.07) is 0. The van der Waals surface area contributed by atoms with Crippen molar-refractivity contribution in [3.8, 4) is 0 Å². The quantitative estimate of drug-likeness (QED) is 0.423. The zero-order chi connectivity index (χ0) is 15.6. The van der Waals surface area contributed by atoms with Gasteiger partial charge in [0.1, 0.15) is 12.2 Å². The molecule has 1 saturated heterocycles. The van der Waals surface area contributed by atoms with E-state index in [2.05, 4.69) is 19.6 Å². The van der Waals surface area contributed by atoms with E-state index in [1.54, 1.807) is 0 Å². The number of hydrogen-bond donors (Lipinski definition) is 0. The lowest BCUT2D eigenvalue weighted by Gasteiger charge is -2.22. The molecular weight excluding hydrogens is 268 g/mol. The Morgan fingerprint density at radius 1 is 1.43 bits per heavy atom. The van der Waals surface area contributed by atoms with Crippen LogP contribution >= 0.6 is 0 Å². The summed E-state index contributed by atoms with van der Waals surface area (Å²) in [4.78, 5) is 23.0. The highest BCUT2D eigenvalue weighted by Crippen LogP contribution is 2.34. The highest BCUT2D eigenvalue weighted by atomic mass is 16.6. The minimum Gasteiger partial charge on any atom is -0.458 e. The summed E-state index contributed by atoms with van der Waals surface area (Å²) in [6.07, 6.45) is 5.79. The van der Waals surface area contributed by atoms with E-state index >= 15 is 0 Å². The molecule has 0 spiro atoms. The van der Waals surface area contributed by atoms with E-state index in [0.717, 1.165) is 18.4 Å². The fraction of sp³-hybridized carbons (Fsp3) is 0.529. The second-order valence-electron chi connectivity index (χ2n) is 5.84. The fourth-order valence-electron chi connectivity index (χ4n) is 2.81. The maximum atomic E-state index is 11.7. The van der Waals surface area contributed by atoms with Crippen molar-refractivity contribution in [2.24, 2.45) is 5.92 Å². The van der Waals surface area contributed by atoms with Crippen LogP contribution in [0.4, 0.5) is 0 Å². The van der Waals surface area contributed by atoms with Gasteiger partial charge in [-0.15, -0.1) is 0 Å². The smallest absolute Gasteiger partial charge is 0.334 e. The van der Waals surface area contributed by atoms with Gasteiger partial charge in [0, 0.05) is 24.8 Å². The van der Waals surface area contributed by atoms with Crippen LogP contribution in [0.5, 0.6) is 0 Å². The first-order chi connectivity index (χ1) is 9.88. The molecular formula is C17H22O4. The van der Waals surface area contributed by atoms with Crippen LogP contribution in [0.25, 0.3) is 0 Å².